The lowest BCUT2D eigenvalue weighted by atomic mass is 10.00. The van der Waals surface area contributed by atoms with Crippen LogP contribution < -0.4 is 5.32 Å². The number of piperidine rings is 1. The van der Waals surface area contributed by atoms with Gasteiger partial charge < -0.3 is 15.1 Å². The maximum Gasteiger partial charge on any atom is 0.469 e. The third kappa shape index (κ3) is 4.18. The van der Waals surface area contributed by atoms with Gasteiger partial charge in [0.15, 0.2) is 0 Å². The third-order valence-electron chi connectivity index (χ3n) is 1.94. The zero-order valence-electron chi connectivity index (χ0n) is 6.77. The average Bonchev–Trinajstić information content (AvgIpc) is 2.02. The normalized spacial score (nSPS) is 21.2. The molecule has 3 N–H and O–H groups in total. The van der Waals surface area contributed by atoms with Crippen molar-refractivity contribution in [2.24, 2.45) is 5.92 Å². The molecule has 0 aromatic rings. The van der Waals surface area contributed by atoms with E-state index in [0.29, 0.717) is 5.92 Å². The number of phosphoric acid groups is 1. The van der Waals surface area contributed by atoms with Crippen LogP contribution in [0.2, 0.25) is 0 Å². The summed E-state index contributed by atoms with van der Waals surface area (Å²) in [4.78, 5) is 16.8. The topological polar surface area (TPSA) is 78.8 Å². The summed E-state index contributed by atoms with van der Waals surface area (Å²) in [5.74, 6) is 0.291. The number of phosphoric ester groups is 1. The molecular weight excluding hydrogens is 181 g/mol. The molecule has 0 spiro atoms. The summed E-state index contributed by atoms with van der Waals surface area (Å²) >= 11 is 0. The average molecular weight is 195 g/mol. The molecule has 5 nitrogen and oxygen atoms in total. The van der Waals surface area contributed by atoms with Gasteiger partial charge in [-0.1, -0.05) is 0 Å². The lowest BCUT2D eigenvalue weighted by molar-refractivity contribution is 0.153. The molecule has 12 heavy (non-hydrogen) atoms. The molecule has 0 saturated carbocycles. The standard InChI is InChI=1S/C6H14NO4P/c8-12(9,10)11-5-6-1-3-7-4-2-6/h6-7H,1-5H2,(H2,8,9,10). The van der Waals surface area contributed by atoms with E-state index in [4.69, 9.17) is 9.79 Å². The van der Waals surface area contributed by atoms with Gasteiger partial charge in [0.2, 0.25) is 0 Å². The Morgan fingerprint density at radius 1 is 1.42 bits per heavy atom. The van der Waals surface area contributed by atoms with E-state index in [9.17, 15) is 4.57 Å². The fraction of sp³-hybridized carbons (Fsp3) is 1.00. The predicted octanol–water partition coefficient (Wildman–Crippen LogP) is 0.0953. The highest BCUT2D eigenvalue weighted by atomic mass is 31.2. The Labute approximate surface area is 71.4 Å². The monoisotopic (exact) mass is 195 g/mol. The molecule has 0 unspecified atom stereocenters. The van der Waals surface area contributed by atoms with Crippen molar-refractivity contribution in [1.82, 2.24) is 5.32 Å². The summed E-state index contributed by atoms with van der Waals surface area (Å²) in [6.07, 6.45) is 1.86. The first kappa shape index (κ1) is 10.2. The van der Waals surface area contributed by atoms with Crippen LogP contribution in [0.25, 0.3) is 0 Å². The Balaban J connectivity index is 2.17. The van der Waals surface area contributed by atoms with E-state index in [-0.39, 0.29) is 6.61 Å². The minimum absolute atomic E-state index is 0.173. The number of rotatable bonds is 3. The molecule has 0 bridgehead atoms. The highest BCUT2D eigenvalue weighted by Crippen LogP contribution is 2.36. The molecule has 1 fully saturated rings. The molecule has 1 rings (SSSR count). The molecule has 0 aliphatic carbocycles. The van der Waals surface area contributed by atoms with Crippen LogP contribution in [0.1, 0.15) is 12.8 Å². The highest BCUT2D eigenvalue weighted by Gasteiger charge is 2.19. The Morgan fingerprint density at radius 3 is 2.50 bits per heavy atom. The van der Waals surface area contributed by atoms with Crippen LogP contribution in [0.15, 0.2) is 0 Å². The van der Waals surface area contributed by atoms with Gasteiger partial charge in [-0.05, 0) is 31.8 Å². The quantitative estimate of drug-likeness (QED) is 0.556. The second kappa shape index (κ2) is 4.35. The van der Waals surface area contributed by atoms with Gasteiger partial charge in [0.1, 0.15) is 0 Å². The van der Waals surface area contributed by atoms with Crippen molar-refractivity contribution >= 4 is 7.82 Å². The molecule has 0 atom stereocenters. The Hall–Kier alpha value is 0.0700. The first-order chi connectivity index (χ1) is 5.58. The summed E-state index contributed by atoms with van der Waals surface area (Å²) < 4.78 is 14.7. The van der Waals surface area contributed by atoms with Gasteiger partial charge in [-0.3, -0.25) is 4.52 Å². The zero-order valence-corrected chi connectivity index (χ0v) is 7.67. The summed E-state index contributed by atoms with van der Waals surface area (Å²) in [6, 6.07) is 0. The third-order valence-corrected chi connectivity index (χ3v) is 2.42. The molecule has 0 aromatic carbocycles. The Kier molecular flexibility index (Phi) is 3.68. The lowest BCUT2D eigenvalue weighted by Gasteiger charge is -2.22. The van der Waals surface area contributed by atoms with E-state index in [2.05, 4.69) is 9.84 Å². The molecule has 72 valence electrons. The van der Waals surface area contributed by atoms with Crippen molar-refractivity contribution in [2.75, 3.05) is 19.7 Å². The molecule has 1 aliphatic rings. The van der Waals surface area contributed by atoms with Gasteiger partial charge in [0.25, 0.3) is 0 Å². The van der Waals surface area contributed by atoms with Crippen LogP contribution in [-0.4, -0.2) is 29.5 Å². The zero-order chi connectivity index (χ0) is 9.03. The van der Waals surface area contributed by atoms with E-state index in [1.807, 2.05) is 0 Å². The first-order valence-electron chi connectivity index (χ1n) is 3.99. The Morgan fingerprint density at radius 2 is 2.00 bits per heavy atom. The van der Waals surface area contributed by atoms with Crippen molar-refractivity contribution in [3.05, 3.63) is 0 Å². The van der Waals surface area contributed by atoms with Gasteiger partial charge in [0, 0.05) is 0 Å². The molecule has 6 heteroatoms. The molecule has 0 radical (unpaired) electrons. The highest BCUT2D eigenvalue weighted by molar-refractivity contribution is 7.46. The van der Waals surface area contributed by atoms with Crippen molar-refractivity contribution < 1.29 is 18.9 Å². The largest absolute Gasteiger partial charge is 0.469 e. The van der Waals surface area contributed by atoms with Crippen molar-refractivity contribution in [2.45, 2.75) is 12.8 Å². The van der Waals surface area contributed by atoms with E-state index in [1.165, 1.54) is 0 Å². The van der Waals surface area contributed by atoms with Gasteiger partial charge in [-0.15, -0.1) is 0 Å². The van der Waals surface area contributed by atoms with Crippen molar-refractivity contribution in [3.8, 4) is 0 Å². The molecular formula is C6H14NO4P. The fourth-order valence-corrected chi connectivity index (χ4v) is 1.66. The summed E-state index contributed by atoms with van der Waals surface area (Å²) in [5, 5.41) is 3.16. The summed E-state index contributed by atoms with van der Waals surface area (Å²) in [6.45, 7) is 2.00. The van der Waals surface area contributed by atoms with Crippen LogP contribution in [0.5, 0.6) is 0 Å². The fourth-order valence-electron chi connectivity index (χ4n) is 1.25. The van der Waals surface area contributed by atoms with E-state index < -0.39 is 7.82 Å². The minimum atomic E-state index is -4.25. The van der Waals surface area contributed by atoms with Gasteiger partial charge in [0.05, 0.1) is 6.61 Å². The number of nitrogens with one attached hydrogen (secondary N) is 1. The van der Waals surface area contributed by atoms with Gasteiger partial charge in [-0.25, -0.2) is 4.57 Å². The van der Waals surface area contributed by atoms with Crippen LogP contribution >= 0.6 is 7.82 Å². The number of hydrogen-bond acceptors (Lipinski definition) is 3. The molecule has 1 saturated heterocycles. The number of hydrogen-bond donors (Lipinski definition) is 3. The second-order valence-corrected chi connectivity index (χ2v) is 4.22. The van der Waals surface area contributed by atoms with Gasteiger partial charge in [-0.2, -0.15) is 0 Å². The van der Waals surface area contributed by atoms with Crippen LogP contribution in [0.4, 0.5) is 0 Å². The minimum Gasteiger partial charge on any atom is -0.317 e. The smallest absolute Gasteiger partial charge is 0.317 e. The summed E-state index contributed by atoms with van der Waals surface area (Å²) in [7, 11) is -4.25. The first-order valence-corrected chi connectivity index (χ1v) is 5.52. The van der Waals surface area contributed by atoms with E-state index in [1.54, 1.807) is 0 Å². The van der Waals surface area contributed by atoms with Crippen molar-refractivity contribution in [3.63, 3.8) is 0 Å². The second-order valence-electron chi connectivity index (χ2n) is 2.98. The van der Waals surface area contributed by atoms with Crippen molar-refractivity contribution in [1.29, 1.82) is 0 Å². The van der Waals surface area contributed by atoms with Gasteiger partial charge >= 0.3 is 7.82 Å². The lowest BCUT2D eigenvalue weighted by Crippen LogP contribution is -2.29. The maximum absolute atomic E-state index is 10.3. The van der Waals surface area contributed by atoms with Crippen LogP contribution in [0.3, 0.4) is 0 Å². The van der Waals surface area contributed by atoms with Crippen LogP contribution in [0, 0.1) is 5.92 Å². The Bertz CT molecular complexity index is 174. The molecule has 0 amide bonds. The summed E-state index contributed by atoms with van der Waals surface area (Å²) in [5.41, 5.74) is 0. The van der Waals surface area contributed by atoms with E-state index >= 15 is 0 Å². The van der Waals surface area contributed by atoms with E-state index in [0.717, 1.165) is 25.9 Å². The molecule has 0 aromatic heterocycles. The molecule has 1 heterocycles. The molecule has 1 aliphatic heterocycles. The maximum atomic E-state index is 10.3. The predicted molar refractivity (Wildman–Crippen MR) is 43.6 cm³/mol. The SMILES string of the molecule is O=P(O)(O)OCC1CCNCC1. The van der Waals surface area contributed by atoms with Crippen LogP contribution in [-0.2, 0) is 9.09 Å².